The van der Waals surface area contributed by atoms with Crippen LogP contribution in [0.25, 0.3) is 0 Å². The summed E-state index contributed by atoms with van der Waals surface area (Å²) in [6.07, 6.45) is 4.78. The maximum absolute atomic E-state index is 12.8. The van der Waals surface area contributed by atoms with Crippen LogP contribution in [0.3, 0.4) is 0 Å². The van der Waals surface area contributed by atoms with Crippen molar-refractivity contribution in [3.05, 3.63) is 60.2 Å². The third-order valence-corrected chi connectivity index (χ3v) is 6.53. The highest BCUT2D eigenvalue weighted by atomic mass is 16.5. The summed E-state index contributed by atoms with van der Waals surface area (Å²) in [4.78, 5) is 15.0. The molecule has 1 aliphatic carbocycles. The molecule has 2 aromatic rings. The molecule has 1 saturated carbocycles. The van der Waals surface area contributed by atoms with Gasteiger partial charge in [-0.3, -0.25) is 9.69 Å². The van der Waals surface area contributed by atoms with Gasteiger partial charge in [-0.25, -0.2) is 0 Å². The molecular weight excluding hydrogens is 364 g/mol. The van der Waals surface area contributed by atoms with Crippen LogP contribution in [0, 0.1) is 5.92 Å². The summed E-state index contributed by atoms with van der Waals surface area (Å²) in [5, 5.41) is 14.4. The standard InChI is InChI=1S/C24H30N2O3/c1-29-20-12-10-18(11-13-20)23-21-9-5-6-14-24(21,28)15-16-26(23)17-22(27)25-19-7-3-2-4-8-19/h2-4,7-8,10-13,21,23,28H,5-6,9,14-17H2,1H3,(H,25,27)/t21-,23+,24+/m0/s1. The van der Waals surface area contributed by atoms with Gasteiger partial charge in [0.15, 0.2) is 0 Å². The van der Waals surface area contributed by atoms with Crippen molar-refractivity contribution in [2.45, 2.75) is 43.7 Å². The van der Waals surface area contributed by atoms with Crippen LogP contribution in [0.1, 0.15) is 43.7 Å². The Balaban J connectivity index is 1.57. The second kappa shape index (κ2) is 8.56. The lowest BCUT2D eigenvalue weighted by atomic mass is 9.66. The van der Waals surface area contributed by atoms with Crippen molar-refractivity contribution in [2.24, 2.45) is 5.92 Å². The Morgan fingerprint density at radius 2 is 1.90 bits per heavy atom. The molecule has 1 saturated heterocycles. The first-order chi connectivity index (χ1) is 14.1. The molecule has 1 heterocycles. The molecule has 0 aromatic heterocycles. The Hall–Kier alpha value is -2.37. The second-order valence-electron chi connectivity index (χ2n) is 8.31. The highest BCUT2D eigenvalue weighted by Gasteiger charge is 2.49. The molecule has 0 spiro atoms. The number of hydrogen-bond donors (Lipinski definition) is 2. The first kappa shape index (κ1) is 19.9. The van der Waals surface area contributed by atoms with Crippen LogP contribution in [0.5, 0.6) is 5.75 Å². The molecule has 1 aliphatic heterocycles. The van der Waals surface area contributed by atoms with Crippen LogP contribution >= 0.6 is 0 Å². The molecule has 5 heteroatoms. The van der Waals surface area contributed by atoms with Crippen LogP contribution in [0.4, 0.5) is 5.69 Å². The number of piperidine rings is 1. The van der Waals surface area contributed by atoms with Gasteiger partial charge in [0, 0.05) is 24.2 Å². The van der Waals surface area contributed by atoms with Gasteiger partial charge in [-0.15, -0.1) is 0 Å². The summed E-state index contributed by atoms with van der Waals surface area (Å²) in [6.45, 7) is 1.03. The number of benzene rings is 2. The monoisotopic (exact) mass is 394 g/mol. The Bertz CT molecular complexity index is 824. The minimum atomic E-state index is -0.630. The van der Waals surface area contributed by atoms with E-state index in [0.29, 0.717) is 13.1 Å². The molecule has 0 unspecified atom stereocenters. The Morgan fingerprint density at radius 3 is 2.62 bits per heavy atom. The summed E-state index contributed by atoms with van der Waals surface area (Å²) in [5.41, 5.74) is 1.32. The third-order valence-electron chi connectivity index (χ3n) is 6.53. The Morgan fingerprint density at radius 1 is 1.14 bits per heavy atom. The van der Waals surface area contributed by atoms with E-state index in [4.69, 9.17) is 4.74 Å². The number of anilines is 1. The fourth-order valence-corrected chi connectivity index (χ4v) is 5.07. The van der Waals surface area contributed by atoms with Crippen molar-refractivity contribution >= 4 is 11.6 Å². The molecule has 154 valence electrons. The lowest BCUT2D eigenvalue weighted by Gasteiger charge is -2.52. The smallest absolute Gasteiger partial charge is 0.238 e. The minimum Gasteiger partial charge on any atom is -0.497 e. The number of carbonyl (C=O) groups excluding carboxylic acids is 1. The fraction of sp³-hybridized carbons (Fsp3) is 0.458. The van der Waals surface area contributed by atoms with Crippen LogP contribution < -0.4 is 10.1 Å². The van der Waals surface area contributed by atoms with Gasteiger partial charge in [0.05, 0.1) is 19.3 Å². The van der Waals surface area contributed by atoms with E-state index in [1.165, 1.54) is 0 Å². The largest absolute Gasteiger partial charge is 0.497 e. The molecule has 5 nitrogen and oxygen atoms in total. The number of methoxy groups -OCH3 is 1. The molecule has 2 fully saturated rings. The van der Waals surface area contributed by atoms with Gasteiger partial charge in [0.25, 0.3) is 0 Å². The predicted octanol–water partition coefficient (Wildman–Crippen LogP) is 4.00. The number of amides is 1. The first-order valence-electron chi connectivity index (χ1n) is 10.5. The Labute approximate surface area is 172 Å². The first-order valence-corrected chi connectivity index (χ1v) is 10.5. The number of hydrogen-bond acceptors (Lipinski definition) is 4. The van der Waals surface area contributed by atoms with Crippen molar-refractivity contribution in [2.75, 3.05) is 25.5 Å². The SMILES string of the molecule is COc1ccc([C@@H]2[C@@H]3CCCC[C@@]3(O)CCN2CC(=O)Nc2ccccc2)cc1. The van der Waals surface area contributed by atoms with Crippen molar-refractivity contribution in [3.8, 4) is 5.75 Å². The van der Waals surface area contributed by atoms with Crippen LogP contribution in [-0.2, 0) is 4.79 Å². The zero-order chi connectivity index (χ0) is 20.3. The molecule has 2 N–H and O–H groups in total. The van der Waals surface area contributed by atoms with Gasteiger partial charge >= 0.3 is 0 Å². The molecular formula is C24H30N2O3. The van der Waals surface area contributed by atoms with Crippen molar-refractivity contribution < 1.29 is 14.6 Å². The third kappa shape index (κ3) is 4.31. The van der Waals surface area contributed by atoms with Crippen molar-refractivity contribution in [1.82, 2.24) is 4.90 Å². The molecule has 0 bridgehead atoms. The molecule has 4 rings (SSSR count). The van der Waals surface area contributed by atoms with E-state index in [0.717, 1.165) is 49.1 Å². The van der Waals surface area contributed by atoms with Gasteiger partial charge in [0.2, 0.25) is 5.91 Å². The number of nitrogens with zero attached hydrogens (tertiary/aromatic N) is 1. The molecule has 3 atom stereocenters. The fourth-order valence-electron chi connectivity index (χ4n) is 5.07. The average Bonchev–Trinajstić information content (AvgIpc) is 2.74. The number of nitrogens with one attached hydrogen (secondary N) is 1. The topological polar surface area (TPSA) is 61.8 Å². The van der Waals surface area contributed by atoms with Gasteiger partial charge in [0.1, 0.15) is 5.75 Å². The van der Waals surface area contributed by atoms with Gasteiger partial charge in [-0.05, 0) is 49.1 Å². The number of para-hydroxylation sites is 1. The lowest BCUT2D eigenvalue weighted by molar-refractivity contribution is -0.135. The molecule has 1 amide bonds. The summed E-state index contributed by atoms with van der Waals surface area (Å²) < 4.78 is 5.31. The zero-order valence-electron chi connectivity index (χ0n) is 17.0. The van der Waals surface area contributed by atoms with E-state index in [-0.39, 0.29) is 17.9 Å². The second-order valence-corrected chi connectivity index (χ2v) is 8.31. The number of carbonyl (C=O) groups is 1. The summed E-state index contributed by atoms with van der Waals surface area (Å²) >= 11 is 0. The predicted molar refractivity (Wildman–Crippen MR) is 114 cm³/mol. The maximum atomic E-state index is 12.8. The van der Waals surface area contributed by atoms with E-state index in [1.807, 2.05) is 42.5 Å². The number of ether oxygens (including phenoxy) is 1. The van der Waals surface area contributed by atoms with Crippen LogP contribution in [0.2, 0.25) is 0 Å². The zero-order valence-corrected chi connectivity index (χ0v) is 17.0. The normalized spacial score (nSPS) is 27.1. The highest BCUT2D eigenvalue weighted by Crippen LogP contribution is 2.49. The molecule has 2 aliphatic rings. The highest BCUT2D eigenvalue weighted by molar-refractivity contribution is 5.92. The molecule has 29 heavy (non-hydrogen) atoms. The van der Waals surface area contributed by atoms with E-state index in [9.17, 15) is 9.90 Å². The van der Waals surface area contributed by atoms with Gasteiger partial charge in [-0.1, -0.05) is 43.2 Å². The number of rotatable bonds is 5. The number of likely N-dealkylation sites (tertiary alicyclic amines) is 1. The molecule has 2 aromatic carbocycles. The van der Waals surface area contributed by atoms with Crippen LogP contribution in [-0.4, -0.2) is 41.7 Å². The summed E-state index contributed by atoms with van der Waals surface area (Å²) in [6, 6.07) is 17.7. The van der Waals surface area contributed by atoms with Crippen molar-refractivity contribution in [1.29, 1.82) is 0 Å². The number of fused-ring (bicyclic) bond motifs is 1. The minimum absolute atomic E-state index is 0.0176. The van der Waals surface area contributed by atoms with Crippen LogP contribution in [0.15, 0.2) is 54.6 Å². The van der Waals surface area contributed by atoms with Crippen molar-refractivity contribution in [3.63, 3.8) is 0 Å². The van der Waals surface area contributed by atoms with E-state index in [2.05, 4.69) is 22.3 Å². The lowest BCUT2D eigenvalue weighted by Crippen LogP contribution is -2.56. The summed E-state index contributed by atoms with van der Waals surface area (Å²) in [5.74, 6) is 0.940. The average molecular weight is 395 g/mol. The van der Waals surface area contributed by atoms with Gasteiger partial charge in [-0.2, -0.15) is 0 Å². The van der Waals surface area contributed by atoms with E-state index in [1.54, 1.807) is 7.11 Å². The Kier molecular flexibility index (Phi) is 5.88. The van der Waals surface area contributed by atoms with Gasteiger partial charge < -0.3 is 15.2 Å². The quantitative estimate of drug-likeness (QED) is 0.805. The van der Waals surface area contributed by atoms with E-state index < -0.39 is 5.60 Å². The van der Waals surface area contributed by atoms with E-state index >= 15 is 0 Å². The number of aliphatic hydroxyl groups is 1. The maximum Gasteiger partial charge on any atom is 0.238 e. The summed E-state index contributed by atoms with van der Waals surface area (Å²) in [7, 11) is 1.66. The molecule has 0 radical (unpaired) electrons.